The van der Waals surface area contributed by atoms with Crippen LogP contribution in [0.5, 0.6) is 0 Å². The Morgan fingerprint density at radius 2 is 1.36 bits per heavy atom. The summed E-state index contributed by atoms with van der Waals surface area (Å²) in [6.07, 6.45) is 0.221. The van der Waals surface area contributed by atoms with Crippen molar-refractivity contribution in [1.82, 2.24) is 25.1 Å². The second-order valence-electron chi connectivity index (χ2n) is 15.3. The van der Waals surface area contributed by atoms with Gasteiger partial charge in [-0.1, -0.05) is 61.2 Å². The summed E-state index contributed by atoms with van der Waals surface area (Å²) in [6.45, 7) is 14.8. The smallest absolute Gasteiger partial charge is 0.354 e. The monoisotopic (exact) mass is 882 g/mol. The van der Waals surface area contributed by atoms with Gasteiger partial charge in [-0.05, 0) is 60.9 Å². The molecule has 4 aromatic rings. The lowest BCUT2D eigenvalue weighted by molar-refractivity contribution is -0.118. The second kappa shape index (κ2) is 27.0. The Labute approximate surface area is 375 Å². The normalized spacial score (nSPS) is 16.0. The van der Waals surface area contributed by atoms with E-state index < -0.39 is 18.0 Å². The molecule has 16 heteroatoms. The van der Waals surface area contributed by atoms with Crippen molar-refractivity contribution in [3.05, 3.63) is 131 Å². The quantitative estimate of drug-likeness (QED) is 0.0913. The molecule has 344 valence electrons. The van der Waals surface area contributed by atoms with E-state index in [1.165, 1.54) is 12.1 Å². The van der Waals surface area contributed by atoms with Gasteiger partial charge in [0.05, 0.1) is 95.9 Å². The number of para-hydroxylation sites is 1. The van der Waals surface area contributed by atoms with Crippen LogP contribution in [0.15, 0.2) is 91.5 Å². The number of amides is 1. The molecule has 3 N–H and O–H groups in total. The van der Waals surface area contributed by atoms with Crippen molar-refractivity contribution in [2.45, 2.75) is 39.4 Å². The molecular formula is C48H62N6O10. The second-order valence-corrected chi connectivity index (χ2v) is 15.3. The summed E-state index contributed by atoms with van der Waals surface area (Å²) in [4.78, 5) is 52.1. The minimum Gasteiger partial charge on any atom is -0.477 e. The third kappa shape index (κ3) is 16.3. The van der Waals surface area contributed by atoms with Crippen molar-refractivity contribution in [2.24, 2.45) is 0 Å². The predicted molar refractivity (Wildman–Crippen MR) is 242 cm³/mol. The van der Waals surface area contributed by atoms with Gasteiger partial charge in [0, 0.05) is 51.3 Å². The molecule has 5 rings (SSSR count). The number of anilines is 1. The number of carbonyl (C=O) groups is 3. The molecule has 1 amide bonds. The topological polar surface area (TPSA) is 185 Å². The number of carbonyl (C=O) groups excluding carboxylic acids is 1. The molecular weight excluding hydrogens is 821 g/mol. The Balaban J connectivity index is 1.17. The van der Waals surface area contributed by atoms with E-state index in [9.17, 15) is 24.6 Å². The summed E-state index contributed by atoms with van der Waals surface area (Å²) >= 11 is 0. The fraction of sp³-hybridized carbons (Fsp3) is 0.438. The standard InChI is InChI=1S/C48H62N6O10/c1-36(2)40-13-6-7-17-44(40)54(32-38-11-5-4-10-37(38)3)46(55)18-19-49-35-64-34-45(41-14-9-16-43(51-41)48(58)59)53-22-26-62-30-28-60-24-20-52(21-25-61-29-31-63-27-23-53)33-39-12-8-15-42(50-39)47(56)57/h4-17,45,49H,1,18-35H2,2-3H3,(H,56,57)(H,58,59). The Hall–Kier alpha value is -5.43. The van der Waals surface area contributed by atoms with Crippen LogP contribution in [0, 0.1) is 6.92 Å². The molecule has 1 atom stereocenters. The van der Waals surface area contributed by atoms with Gasteiger partial charge in [-0.2, -0.15) is 0 Å². The lowest BCUT2D eigenvalue weighted by atomic mass is 10.0. The lowest BCUT2D eigenvalue weighted by Gasteiger charge is -2.31. The molecule has 0 saturated carbocycles. The molecule has 1 saturated heterocycles. The van der Waals surface area contributed by atoms with Crippen LogP contribution in [0.2, 0.25) is 0 Å². The van der Waals surface area contributed by atoms with Gasteiger partial charge in [0.2, 0.25) is 5.91 Å². The molecule has 2 aromatic carbocycles. The number of aromatic nitrogens is 2. The molecule has 1 aliphatic rings. The molecule has 1 fully saturated rings. The summed E-state index contributed by atoms with van der Waals surface area (Å²) in [5, 5.41) is 22.4. The van der Waals surface area contributed by atoms with Crippen molar-refractivity contribution in [2.75, 3.05) is 104 Å². The molecule has 2 aromatic heterocycles. The van der Waals surface area contributed by atoms with Crippen molar-refractivity contribution in [3.63, 3.8) is 0 Å². The van der Waals surface area contributed by atoms with Crippen molar-refractivity contribution >= 4 is 29.1 Å². The number of aryl methyl sites for hydroxylation is 1. The summed E-state index contributed by atoms with van der Waals surface area (Å²) in [7, 11) is 0. The number of nitrogens with one attached hydrogen (secondary N) is 1. The van der Waals surface area contributed by atoms with Crippen molar-refractivity contribution in [3.8, 4) is 0 Å². The molecule has 16 nitrogen and oxygen atoms in total. The zero-order valence-electron chi connectivity index (χ0n) is 37.0. The van der Waals surface area contributed by atoms with Gasteiger partial charge < -0.3 is 38.8 Å². The first kappa shape index (κ1) is 49.6. The zero-order valence-corrected chi connectivity index (χ0v) is 37.0. The maximum atomic E-state index is 13.9. The Kier molecular flexibility index (Phi) is 20.9. The van der Waals surface area contributed by atoms with Gasteiger partial charge in [-0.25, -0.2) is 19.6 Å². The number of hydrogen-bond acceptors (Lipinski definition) is 13. The number of allylic oxidation sites excluding steroid dienone is 1. The molecule has 0 spiro atoms. The lowest BCUT2D eigenvalue weighted by Crippen LogP contribution is -2.39. The minimum atomic E-state index is -1.13. The molecule has 0 radical (unpaired) electrons. The fourth-order valence-electron chi connectivity index (χ4n) is 7.12. The predicted octanol–water partition coefficient (Wildman–Crippen LogP) is 5.33. The maximum absolute atomic E-state index is 13.9. The number of carboxylic acids is 2. The first-order valence-electron chi connectivity index (χ1n) is 21.7. The summed E-state index contributed by atoms with van der Waals surface area (Å²) in [5.41, 5.74) is 5.86. The number of benzene rings is 2. The van der Waals surface area contributed by atoms with E-state index in [0.717, 1.165) is 28.0 Å². The average molecular weight is 883 g/mol. The number of carboxylic acid groups (broad SMARTS) is 2. The third-order valence-corrected chi connectivity index (χ3v) is 10.6. The highest BCUT2D eigenvalue weighted by molar-refractivity contribution is 5.96. The number of aromatic carboxylic acids is 2. The van der Waals surface area contributed by atoms with E-state index in [2.05, 4.69) is 31.7 Å². The van der Waals surface area contributed by atoms with Crippen molar-refractivity contribution < 1.29 is 48.3 Å². The minimum absolute atomic E-state index is 0.000431. The molecule has 0 bridgehead atoms. The van der Waals surface area contributed by atoms with Crippen LogP contribution in [0.25, 0.3) is 5.57 Å². The van der Waals surface area contributed by atoms with Crippen LogP contribution in [-0.4, -0.2) is 147 Å². The van der Waals surface area contributed by atoms with Crippen LogP contribution in [0.4, 0.5) is 5.69 Å². The SMILES string of the molecule is C=C(C)c1ccccc1N(Cc1ccccc1C)C(=O)CCNCOCC(c1cccc(C(=O)O)n1)N1CCOCCOCCN(Cc2cccc(C(=O)O)n2)CCOCCOCC1. The Morgan fingerprint density at radius 3 is 2.00 bits per heavy atom. The average Bonchev–Trinajstić information content (AvgIpc) is 3.29. The summed E-state index contributed by atoms with van der Waals surface area (Å²) < 4.78 is 30.0. The van der Waals surface area contributed by atoms with Gasteiger partial charge in [0.25, 0.3) is 0 Å². The molecule has 3 heterocycles. The van der Waals surface area contributed by atoms with E-state index in [-0.39, 0.29) is 37.1 Å². The number of rotatable bonds is 17. The highest BCUT2D eigenvalue weighted by Gasteiger charge is 2.24. The maximum Gasteiger partial charge on any atom is 0.354 e. The first-order chi connectivity index (χ1) is 31.1. The van der Waals surface area contributed by atoms with Gasteiger partial charge in [0.1, 0.15) is 11.4 Å². The molecule has 1 aliphatic heterocycles. The van der Waals surface area contributed by atoms with Crippen molar-refractivity contribution in [1.29, 1.82) is 0 Å². The summed E-state index contributed by atoms with van der Waals surface area (Å²) in [6, 6.07) is 25.3. The van der Waals surface area contributed by atoms with Gasteiger partial charge in [-0.3, -0.25) is 19.9 Å². The number of nitrogens with zero attached hydrogens (tertiary/aromatic N) is 5. The molecule has 0 aliphatic carbocycles. The van der Waals surface area contributed by atoms with Gasteiger partial charge in [0.15, 0.2) is 0 Å². The molecule has 64 heavy (non-hydrogen) atoms. The first-order valence-corrected chi connectivity index (χ1v) is 21.7. The van der Waals surface area contributed by atoms with Gasteiger partial charge >= 0.3 is 11.9 Å². The van der Waals surface area contributed by atoms with Crippen LogP contribution in [-0.2, 0) is 41.6 Å². The highest BCUT2D eigenvalue weighted by Crippen LogP contribution is 2.29. The number of ether oxygens (including phenoxy) is 5. The van der Waals surface area contributed by atoms with Crippen LogP contribution < -0.4 is 10.2 Å². The van der Waals surface area contributed by atoms with E-state index in [1.807, 2.05) is 67.3 Å². The van der Waals surface area contributed by atoms with Crippen LogP contribution in [0.1, 0.15) is 68.4 Å². The third-order valence-electron chi connectivity index (χ3n) is 10.6. The van der Waals surface area contributed by atoms with Gasteiger partial charge in [-0.15, -0.1) is 0 Å². The Bertz CT molecular complexity index is 2080. The van der Waals surface area contributed by atoms with E-state index >= 15 is 0 Å². The van der Waals surface area contributed by atoms with E-state index in [0.29, 0.717) is 110 Å². The highest BCUT2D eigenvalue weighted by atomic mass is 16.5. The Morgan fingerprint density at radius 1 is 0.766 bits per heavy atom. The zero-order chi connectivity index (χ0) is 45.5. The van der Waals surface area contributed by atoms with Crippen LogP contribution >= 0.6 is 0 Å². The van der Waals surface area contributed by atoms with E-state index in [4.69, 9.17) is 23.7 Å². The summed E-state index contributed by atoms with van der Waals surface area (Å²) in [5.74, 6) is -2.25. The fourth-order valence-corrected chi connectivity index (χ4v) is 7.12. The number of hydrogen-bond donors (Lipinski definition) is 3. The van der Waals surface area contributed by atoms with Crippen LogP contribution in [0.3, 0.4) is 0 Å². The largest absolute Gasteiger partial charge is 0.477 e. The van der Waals surface area contributed by atoms with E-state index in [1.54, 1.807) is 24.3 Å². The molecule has 1 unspecified atom stereocenters. The number of pyridine rings is 2.